The highest BCUT2D eigenvalue weighted by Crippen LogP contribution is 2.27. The Balaban J connectivity index is 1.93. The van der Waals surface area contributed by atoms with E-state index >= 15 is 0 Å². The third kappa shape index (κ3) is 7.25. The monoisotopic (exact) mass is 433 g/mol. The Labute approximate surface area is 170 Å². The fourth-order valence-electron chi connectivity index (χ4n) is 2.27. The zero-order valence-electron chi connectivity index (χ0n) is 16.4. The molecule has 0 aliphatic rings. The minimum Gasteiger partial charge on any atom is -0.494 e. The molecule has 0 unspecified atom stereocenters. The summed E-state index contributed by atoms with van der Waals surface area (Å²) in [5.41, 5.74) is 1.29. The van der Waals surface area contributed by atoms with Gasteiger partial charge < -0.3 is 14.8 Å². The molecule has 0 bridgehead atoms. The molecule has 1 amide bonds. The lowest BCUT2D eigenvalue weighted by atomic mass is 10.1. The smallest absolute Gasteiger partial charge is 0.255 e. The molecular weight excluding hydrogens is 406 g/mol. The van der Waals surface area contributed by atoms with Gasteiger partial charge in [0.15, 0.2) is 0 Å². The van der Waals surface area contributed by atoms with E-state index in [1.807, 2.05) is 30.3 Å². The highest BCUT2D eigenvalue weighted by Gasteiger charge is 2.10. The summed E-state index contributed by atoms with van der Waals surface area (Å²) in [6.07, 6.45) is 1.02. The van der Waals surface area contributed by atoms with Crippen LogP contribution in [-0.4, -0.2) is 19.1 Å². The lowest BCUT2D eigenvalue weighted by molar-refractivity contribution is 0.102. The first-order valence-corrected chi connectivity index (χ1v) is 10.1. The van der Waals surface area contributed by atoms with E-state index in [1.54, 1.807) is 12.1 Å². The summed E-state index contributed by atoms with van der Waals surface area (Å²) >= 11 is 3.47. The number of ether oxygens (including phenoxy) is 2. The predicted molar refractivity (Wildman–Crippen MR) is 114 cm³/mol. The number of anilines is 1. The van der Waals surface area contributed by atoms with Crippen molar-refractivity contribution in [3.8, 4) is 11.5 Å². The molecule has 0 aliphatic heterocycles. The fraction of sp³-hybridized carbons (Fsp3) is 0.409. The van der Waals surface area contributed by atoms with Gasteiger partial charge in [0.05, 0.1) is 17.7 Å². The second-order valence-corrected chi connectivity index (χ2v) is 8.21. The average molecular weight is 434 g/mol. The summed E-state index contributed by atoms with van der Waals surface area (Å²) in [6.45, 7) is 9.86. The van der Waals surface area contributed by atoms with Crippen LogP contribution in [0.3, 0.4) is 0 Å². The van der Waals surface area contributed by atoms with Gasteiger partial charge in [0.2, 0.25) is 0 Å². The summed E-state index contributed by atoms with van der Waals surface area (Å²) in [5.74, 6) is 2.44. The highest BCUT2D eigenvalue weighted by molar-refractivity contribution is 9.10. The Morgan fingerprint density at radius 3 is 2.30 bits per heavy atom. The molecule has 2 aromatic rings. The Kier molecular flexibility index (Phi) is 8.17. The van der Waals surface area contributed by atoms with Crippen molar-refractivity contribution in [2.24, 2.45) is 11.8 Å². The summed E-state index contributed by atoms with van der Waals surface area (Å²) in [4.78, 5) is 12.5. The van der Waals surface area contributed by atoms with Crippen LogP contribution >= 0.6 is 15.9 Å². The second kappa shape index (κ2) is 10.4. The van der Waals surface area contributed by atoms with Gasteiger partial charge in [-0.05, 0) is 76.7 Å². The van der Waals surface area contributed by atoms with Crippen molar-refractivity contribution in [1.82, 2.24) is 0 Å². The van der Waals surface area contributed by atoms with Crippen LogP contribution in [0.15, 0.2) is 46.9 Å². The van der Waals surface area contributed by atoms with E-state index < -0.39 is 0 Å². The molecule has 5 heteroatoms. The maximum Gasteiger partial charge on any atom is 0.255 e. The van der Waals surface area contributed by atoms with Crippen molar-refractivity contribution < 1.29 is 14.3 Å². The number of nitrogens with one attached hydrogen (secondary N) is 1. The average Bonchev–Trinajstić information content (AvgIpc) is 2.61. The predicted octanol–water partition coefficient (Wildman–Crippen LogP) is 6.16. The van der Waals surface area contributed by atoms with Gasteiger partial charge in [-0.15, -0.1) is 0 Å². The van der Waals surface area contributed by atoms with Gasteiger partial charge in [0.1, 0.15) is 11.5 Å². The second-order valence-electron chi connectivity index (χ2n) is 7.36. The fourth-order valence-corrected chi connectivity index (χ4v) is 2.76. The molecule has 0 heterocycles. The van der Waals surface area contributed by atoms with Gasteiger partial charge in [0, 0.05) is 11.3 Å². The molecule has 0 aliphatic carbocycles. The van der Waals surface area contributed by atoms with Crippen LogP contribution in [0.5, 0.6) is 11.5 Å². The first-order chi connectivity index (χ1) is 12.8. The number of amides is 1. The SMILES string of the molecule is CC(C)CCOc1ccc(NC(=O)c2ccc(OCC(C)C)c(Br)c2)cc1. The van der Waals surface area contributed by atoms with Gasteiger partial charge >= 0.3 is 0 Å². The number of halogens is 1. The van der Waals surface area contributed by atoms with E-state index in [-0.39, 0.29) is 5.91 Å². The molecule has 0 atom stereocenters. The summed E-state index contributed by atoms with van der Waals surface area (Å²) in [6, 6.07) is 12.8. The van der Waals surface area contributed by atoms with E-state index in [2.05, 4.69) is 48.9 Å². The molecule has 1 N–H and O–H groups in total. The summed E-state index contributed by atoms with van der Waals surface area (Å²) in [7, 11) is 0. The third-order valence-electron chi connectivity index (χ3n) is 3.84. The van der Waals surface area contributed by atoms with Crippen LogP contribution in [0.1, 0.15) is 44.5 Å². The van der Waals surface area contributed by atoms with E-state index in [1.165, 1.54) is 0 Å². The third-order valence-corrected chi connectivity index (χ3v) is 4.46. The molecule has 146 valence electrons. The van der Waals surface area contributed by atoms with Gasteiger partial charge in [0.25, 0.3) is 5.91 Å². The van der Waals surface area contributed by atoms with Gasteiger partial charge in [-0.1, -0.05) is 27.7 Å². The number of carbonyl (C=O) groups excluding carboxylic acids is 1. The Hall–Kier alpha value is -2.01. The number of rotatable bonds is 9. The van der Waals surface area contributed by atoms with Gasteiger partial charge in [-0.2, -0.15) is 0 Å². The van der Waals surface area contributed by atoms with Crippen LogP contribution in [-0.2, 0) is 0 Å². The van der Waals surface area contributed by atoms with Crippen molar-refractivity contribution in [2.75, 3.05) is 18.5 Å². The van der Waals surface area contributed by atoms with E-state index in [0.717, 1.165) is 28.1 Å². The maximum absolute atomic E-state index is 12.5. The van der Waals surface area contributed by atoms with E-state index in [4.69, 9.17) is 9.47 Å². The Bertz CT molecular complexity index is 742. The quantitative estimate of drug-likeness (QED) is 0.514. The zero-order valence-corrected chi connectivity index (χ0v) is 18.0. The highest BCUT2D eigenvalue weighted by atomic mass is 79.9. The van der Waals surface area contributed by atoms with Crippen LogP contribution in [0.2, 0.25) is 0 Å². The molecule has 0 fully saturated rings. The first-order valence-electron chi connectivity index (χ1n) is 9.31. The standard InChI is InChI=1S/C22H28BrNO3/c1-15(2)11-12-26-19-8-6-18(7-9-19)24-22(25)17-5-10-21(20(23)13-17)27-14-16(3)4/h5-10,13,15-16H,11-12,14H2,1-4H3,(H,24,25). The maximum atomic E-state index is 12.5. The number of benzene rings is 2. The molecule has 0 saturated carbocycles. The molecule has 27 heavy (non-hydrogen) atoms. The van der Waals surface area contributed by atoms with Crippen molar-refractivity contribution in [1.29, 1.82) is 0 Å². The lowest BCUT2D eigenvalue weighted by Crippen LogP contribution is -2.12. The van der Waals surface area contributed by atoms with E-state index in [9.17, 15) is 4.79 Å². The molecule has 0 aromatic heterocycles. The number of hydrogen-bond acceptors (Lipinski definition) is 3. The number of hydrogen-bond donors (Lipinski definition) is 1. The molecular formula is C22H28BrNO3. The summed E-state index contributed by atoms with van der Waals surface area (Å²) < 4.78 is 12.2. The minimum atomic E-state index is -0.167. The van der Waals surface area contributed by atoms with Crippen LogP contribution in [0.25, 0.3) is 0 Å². The molecule has 0 saturated heterocycles. The summed E-state index contributed by atoms with van der Waals surface area (Å²) in [5, 5.41) is 2.90. The molecule has 4 nitrogen and oxygen atoms in total. The number of carbonyl (C=O) groups is 1. The van der Waals surface area contributed by atoms with Crippen LogP contribution in [0, 0.1) is 11.8 Å². The van der Waals surface area contributed by atoms with Crippen molar-refractivity contribution in [2.45, 2.75) is 34.1 Å². The van der Waals surface area contributed by atoms with E-state index in [0.29, 0.717) is 30.6 Å². The van der Waals surface area contributed by atoms with Crippen molar-refractivity contribution >= 4 is 27.5 Å². The van der Waals surface area contributed by atoms with Crippen LogP contribution < -0.4 is 14.8 Å². The minimum absolute atomic E-state index is 0.167. The molecule has 0 spiro atoms. The Morgan fingerprint density at radius 1 is 1.00 bits per heavy atom. The largest absolute Gasteiger partial charge is 0.494 e. The lowest BCUT2D eigenvalue weighted by Gasteiger charge is -2.12. The Morgan fingerprint density at radius 2 is 1.70 bits per heavy atom. The van der Waals surface area contributed by atoms with Gasteiger partial charge in [-0.3, -0.25) is 4.79 Å². The first kappa shape index (κ1) is 21.3. The van der Waals surface area contributed by atoms with Crippen molar-refractivity contribution in [3.05, 3.63) is 52.5 Å². The molecule has 2 aromatic carbocycles. The zero-order chi connectivity index (χ0) is 19.8. The molecule has 0 radical (unpaired) electrons. The normalized spacial score (nSPS) is 10.9. The topological polar surface area (TPSA) is 47.6 Å². The molecule has 2 rings (SSSR count). The van der Waals surface area contributed by atoms with Crippen LogP contribution in [0.4, 0.5) is 5.69 Å². The van der Waals surface area contributed by atoms with Gasteiger partial charge in [-0.25, -0.2) is 0 Å². The van der Waals surface area contributed by atoms with Crippen molar-refractivity contribution in [3.63, 3.8) is 0 Å².